The second-order valence-corrected chi connectivity index (χ2v) is 3.50. The van der Waals surface area contributed by atoms with Crippen molar-refractivity contribution in [3.8, 4) is 0 Å². The van der Waals surface area contributed by atoms with E-state index in [4.69, 9.17) is 0 Å². The molecule has 1 nitrogen and oxygen atoms in total. The van der Waals surface area contributed by atoms with Gasteiger partial charge in [-0.25, -0.2) is 0 Å². The average Bonchev–Trinajstić information content (AvgIpc) is 1.84. The van der Waals surface area contributed by atoms with Gasteiger partial charge in [-0.2, -0.15) is 0 Å². The predicted octanol–water partition coefficient (Wildman–Crippen LogP) is 2.48. The molecule has 1 heteroatoms. The maximum absolute atomic E-state index is 2.17. The van der Waals surface area contributed by atoms with Crippen LogP contribution in [0.1, 0.15) is 11.1 Å². The minimum absolute atomic E-state index is 1.34. The summed E-state index contributed by atoms with van der Waals surface area (Å²) in [5.41, 5.74) is 2.68. The molecule has 0 bridgehead atoms. The van der Waals surface area contributed by atoms with Crippen LogP contribution in [0.15, 0.2) is 24.3 Å². The van der Waals surface area contributed by atoms with E-state index in [9.17, 15) is 0 Å². The SMILES string of the molecule is CN(C)C.Cc1cccc(C)c1. The number of hydrogen-bond acceptors (Lipinski definition) is 1. The maximum Gasteiger partial charge on any atom is -0.0140 e. The molecule has 0 N–H and O–H groups in total. The van der Waals surface area contributed by atoms with Crippen LogP contribution < -0.4 is 0 Å². The Labute approximate surface area is 76.0 Å². The van der Waals surface area contributed by atoms with E-state index >= 15 is 0 Å². The summed E-state index contributed by atoms with van der Waals surface area (Å²) in [5.74, 6) is 0. The van der Waals surface area contributed by atoms with Crippen LogP contribution in [-0.2, 0) is 0 Å². The Morgan fingerprint density at radius 1 is 0.917 bits per heavy atom. The lowest BCUT2D eigenvalue weighted by Gasteiger charge is -1.90. The van der Waals surface area contributed by atoms with E-state index in [2.05, 4.69) is 38.1 Å². The number of benzene rings is 1. The Kier molecular flexibility index (Phi) is 5.39. The summed E-state index contributed by atoms with van der Waals surface area (Å²) in [6.07, 6.45) is 0. The Morgan fingerprint density at radius 2 is 1.25 bits per heavy atom. The summed E-state index contributed by atoms with van der Waals surface area (Å²) in [7, 11) is 6.00. The summed E-state index contributed by atoms with van der Waals surface area (Å²) < 4.78 is 0. The quantitative estimate of drug-likeness (QED) is 0.571. The van der Waals surface area contributed by atoms with Crippen molar-refractivity contribution in [3.63, 3.8) is 0 Å². The summed E-state index contributed by atoms with van der Waals surface area (Å²) >= 11 is 0. The highest BCUT2D eigenvalue weighted by atomic mass is 15.0. The van der Waals surface area contributed by atoms with Crippen LogP contribution in [0.4, 0.5) is 0 Å². The molecule has 1 aromatic rings. The molecule has 0 unspecified atom stereocenters. The van der Waals surface area contributed by atoms with E-state index in [1.807, 2.05) is 26.0 Å². The first kappa shape index (κ1) is 11.2. The minimum Gasteiger partial charge on any atom is -0.312 e. The van der Waals surface area contributed by atoms with E-state index in [-0.39, 0.29) is 0 Å². The van der Waals surface area contributed by atoms with E-state index in [0.717, 1.165) is 0 Å². The summed E-state index contributed by atoms with van der Waals surface area (Å²) in [6.45, 7) is 4.21. The fourth-order valence-electron chi connectivity index (χ4n) is 0.807. The molecule has 0 amide bonds. The van der Waals surface area contributed by atoms with Crippen molar-refractivity contribution in [2.75, 3.05) is 21.1 Å². The molecule has 0 aliphatic heterocycles. The molecule has 1 rings (SSSR count). The highest BCUT2D eigenvalue weighted by molar-refractivity contribution is 5.20. The first-order chi connectivity index (χ1) is 5.52. The van der Waals surface area contributed by atoms with Gasteiger partial charge in [-0.15, -0.1) is 0 Å². The van der Waals surface area contributed by atoms with E-state index in [1.54, 1.807) is 0 Å². The van der Waals surface area contributed by atoms with Gasteiger partial charge in [-0.1, -0.05) is 35.4 Å². The highest BCUT2D eigenvalue weighted by Crippen LogP contribution is 2.00. The molecule has 68 valence electrons. The normalized spacial score (nSPS) is 9.17. The van der Waals surface area contributed by atoms with E-state index in [0.29, 0.717) is 0 Å². The standard InChI is InChI=1S/C8H10.C3H9N/c1-7-4-3-5-8(2)6-7;1-4(2)3/h3-6H,1-2H3;1-3H3. The fourth-order valence-corrected chi connectivity index (χ4v) is 0.807. The van der Waals surface area contributed by atoms with Crippen LogP contribution in [0.2, 0.25) is 0 Å². The number of hydrogen-bond donors (Lipinski definition) is 0. The first-order valence-corrected chi connectivity index (χ1v) is 4.16. The molecule has 1 aromatic carbocycles. The second kappa shape index (κ2) is 5.78. The zero-order valence-electron chi connectivity index (χ0n) is 8.76. The van der Waals surface area contributed by atoms with Crippen LogP contribution in [-0.4, -0.2) is 26.0 Å². The molecular formula is C11H19N. The van der Waals surface area contributed by atoms with Gasteiger partial charge in [0.15, 0.2) is 0 Å². The van der Waals surface area contributed by atoms with Gasteiger partial charge in [0.1, 0.15) is 0 Å². The highest BCUT2D eigenvalue weighted by Gasteiger charge is 1.80. The topological polar surface area (TPSA) is 3.24 Å². The molecule has 0 fully saturated rings. The second-order valence-electron chi connectivity index (χ2n) is 3.50. The Bertz CT molecular complexity index is 196. The zero-order chi connectivity index (χ0) is 9.56. The van der Waals surface area contributed by atoms with E-state index in [1.165, 1.54) is 11.1 Å². The van der Waals surface area contributed by atoms with Crippen molar-refractivity contribution < 1.29 is 0 Å². The van der Waals surface area contributed by atoms with Crippen LogP contribution in [0.3, 0.4) is 0 Å². The number of rotatable bonds is 0. The molecule has 0 aromatic heterocycles. The third-order valence-corrected chi connectivity index (χ3v) is 1.17. The van der Waals surface area contributed by atoms with Crippen LogP contribution in [0, 0.1) is 13.8 Å². The lowest BCUT2D eigenvalue weighted by Crippen LogP contribution is -1.99. The molecule has 0 radical (unpaired) electrons. The van der Waals surface area contributed by atoms with Gasteiger partial charge < -0.3 is 4.90 Å². The molecule has 0 heterocycles. The van der Waals surface area contributed by atoms with Crippen molar-refractivity contribution in [1.29, 1.82) is 0 Å². The van der Waals surface area contributed by atoms with Crippen molar-refractivity contribution in [3.05, 3.63) is 35.4 Å². The third-order valence-electron chi connectivity index (χ3n) is 1.17. The van der Waals surface area contributed by atoms with Crippen molar-refractivity contribution in [2.45, 2.75) is 13.8 Å². The molecule has 0 spiro atoms. The van der Waals surface area contributed by atoms with Crippen molar-refractivity contribution >= 4 is 0 Å². The summed E-state index contributed by atoms with van der Waals surface area (Å²) in [5, 5.41) is 0. The van der Waals surface area contributed by atoms with Crippen molar-refractivity contribution in [2.24, 2.45) is 0 Å². The van der Waals surface area contributed by atoms with Gasteiger partial charge in [0.25, 0.3) is 0 Å². The maximum atomic E-state index is 2.17. The van der Waals surface area contributed by atoms with Crippen molar-refractivity contribution in [1.82, 2.24) is 4.90 Å². The first-order valence-electron chi connectivity index (χ1n) is 4.16. The molecule has 0 aliphatic rings. The smallest absolute Gasteiger partial charge is 0.0140 e. The molecule has 0 saturated carbocycles. The third kappa shape index (κ3) is 7.29. The predicted molar refractivity (Wildman–Crippen MR) is 55.5 cm³/mol. The molecule has 0 aliphatic carbocycles. The van der Waals surface area contributed by atoms with Crippen LogP contribution in [0.25, 0.3) is 0 Å². The van der Waals surface area contributed by atoms with Crippen LogP contribution in [0.5, 0.6) is 0 Å². The van der Waals surface area contributed by atoms with Gasteiger partial charge in [0.05, 0.1) is 0 Å². The van der Waals surface area contributed by atoms with Gasteiger partial charge in [-0.3, -0.25) is 0 Å². The molecule has 0 saturated heterocycles. The Morgan fingerprint density at radius 3 is 1.42 bits per heavy atom. The number of nitrogens with zero attached hydrogens (tertiary/aromatic N) is 1. The largest absolute Gasteiger partial charge is 0.312 e. The lowest BCUT2D eigenvalue weighted by molar-refractivity contribution is 0.505. The van der Waals surface area contributed by atoms with Gasteiger partial charge in [-0.05, 0) is 35.0 Å². The Hall–Kier alpha value is -0.820. The zero-order valence-corrected chi connectivity index (χ0v) is 8.76. The van der Waals surface area contributed by atoms with E-state index < -0.39 is 0 Å². The molecular weight excluding hydrogens is 146 g/mol. The number of aryl methyl sites for hydroxylation is 2. The lowest BCUT2D eigenvalue weighted by atomic mass is 10.2. The van der Waals surface area contributed by atoms with Gasteiger partial charge in [0.2, 0.25) is 0 Å². The van der Waals surface area contributed by atoms with Crippen LogP contribution >= 0.6 is 0 Å². The summed E-state index contributed by atoms with van der Waals surface area (Å²) in [6, 6.07) is 8.45. The minimum atomic E-state index is 1.34. The van der Waals surface area contributed by atoms with Gasteiger partial charge in [0, 0.05) is 0 Å². The average molecular weight is 165 g/mol. The molecule has 0 atom stereocenters. The summed E-state index contributed by atoms with van der Waals surface area (Å²) in [4.78, 5) is 2.00. The fraction of sp³-hybridized carbons (Fsp3) is 0.455. The Balaban J connectivity index is 0.000000261. The van der Waals surface area contributed by atoms with Gasteiger partial charge >= 0.3 is 0 Å². The molecule has 12 heavy (non-hydrogen) atoms. The monoisotopic (exact) mass is 165 g/mol.